The van der Waals surface area contributed by atoms with Gasteiger partial charge in [-0.3, -0.25) is 0 Å². The molecule has 0 N–H and O–H groups in total. The lowest BCUT2D eigenvalue weighted by molar-refractivity contribution is 0.546. The molecule has 6 nitrogen and oxygen atoms in total. The van der Waals surface area contributed by atoms with Gasteiger partial charge in [0, 0.05) is 17.2 Å². The molecule has 0 unspecified atom stereocenters. The normalized spacial score (nSPS) is 11.6. The van der Waals surface area contributed by atoms with Crippen LogP contribution >= 0.6 is 23.2 Å². The zero-order valence-electron chi connectivity index (χ0n) is 16.1. The standard InChI is InChI=1S/C21H18Cl2N6/c1-21(2,3)20-24-12-15(18(25-20)13-9-10-16(22)17(23)11-13)19-26-27-28-29(19)14-7-5-4-6-8-14/h4-12H,1-3H3. The summed E-state index contributed by atoms with van der Waals surface area (Å²) in [4.78, 5) is 9.44. The van der Waals surface area contributed by atoms with Crippen LogP contribution in [0.1, 0.15) is 26.6 Å². The monoisotopic (exact) mass is 424 g/mol. The summed E-state index contributed by atoms with van der Waals surface area (Å²) in [6.45, 7) is 6.19. The van der Waals surface area contributed by atoms with Crippen molar-refractivity contribution < 1.29 is 0 Å². The Bertz CT molecular complexity index is 1170. The molecule has 0 saturated carbocycles. The number of nitrogens with zero attached hydrogens (tertiary/aromatic N) is 6. The highest BCUT2D eigenvalue weighted by atomic mass is 35.5. The number of tetrazole rings is 1. The second-order valence-corrected chi connectivity index (χ2v) is 8.40. The molecule has 0 atom stereocenters. The topological polar surface area (TPSA) is 69.4 Å². The van der Waals surface area contributed by atoms with Gasteiger partial charge in [-0.1, -0.05) is 68.2 Å². The summed E-state index contributed by atoms with van der Waals surface area (Å²) in [6, 6.07) is 15.1. The smallest absolute Gasteiger partial charge is 0.190 e. The summed E-state index contributed by atoms with van der Waals surface area (Å²) >= 11 is 12.4. The average Bonchev–Trinajstić information content (AvgIpc) is 3.19. The summed E-state index contributed by atoms with van der Waals surface area (Å²) in [5.41, 5.74) is 2.81. The van der Waals surface area contributed by atoms with E-state index in [1.54, 1.807) is 23.0 Å². The van der Waals surface area contributed by atoms with Crippen LogP contribution in [0, 0.1) is 0 Å². The molecule has 0 fully saturated rings. The van der Waals surface area contributed by atoms with E-state index in [-0.39, 0.29) is 5.41 Å². The Morgan fingerprint density at radius 1 is 0.931 bits per heavy atom. The largest absolute Gasteiger partial charge is 0.240 e. The molecule has 0 aliphatic carbocycles. The Hall–Kier alpha value is -2.83. The first-order valence-electron chi connectivity index (χ1n) is 9.02. The third-order valence-electron chi connectivity index (χ3n) is 4.36. The minimum Gasteiger partial charge on any atom is -0.240 e. The molecule has 29 heavy (non-hydrogen) atoms. The number of para-hydroxylation sites is 1. The van der Waals surface area contributed by atoms with Crippen LogP contribution in [-0.2, 0) is 5.41 Å². The number of halogens is 2. The van der Waals surface area contributed by atoms with Crippen molar-refractivity contribution in [3.05, 3.63) is 70.6 Å². The van der Waals surface area contributed by atoms with Gasteiger partial charge in [0.15, 0.2) is 5.82 Å². The molecule has 0 aliphatic heterocycles. The second-order valence-electron chi connectivity index (χ2n) is 7.58. The SMILES string of the molecule is CC(C)(C)c1ncc(-c2nnnn2-c2ccccc2)c(-c2ccc(Cl)c(Cl)c2)n1. The van der Waals surface area contributed by atoms with Crippen LogP contribution in [0.4, 0.5) is 0 Å². The zero-order valence-corrected chi connectivity index (χ0v) is 17.6. The van der Waals surface area contributed by atoms with Gasteiger partial charge >= 0.3 is 0 Å². The van der Waals surface area contributed by atoms with Crippen LogP contribution < -0.4 is 0 Å². The van der Waals surface area contributed by atoms with E-state index in [2.05, 4.69) is 41.3 Å². The van der Waals surface area contributed by atoms with E-state index in [4.69, 9.17) is 28.2 Å². The van der Waals surface area contributed by atoms with Crippen molar-refractivity contribution in [3.63, 3.8) is 0 Å². The highest BCUT2D eigenvalue weighted by molar-refractivity contribution is 6.42. The third kappa shape index (κ3) is 3.86. The Morgan fingerprint density at radius 2 is 1.69 bits per heavy atom. The van der Waals surface area contributed by atoms with E-state index in [0.29, 0.717) is 33.0 Å². The van der Waals surface area contributed by atoms with E-state index in [1.807, 2.05) is 36.4 Å². The number of hydrogen-bond donors (Lipinski definition) is 0. The number of hydrogen-bond acceptors (Lipinski definition) is 5. The predicted molar refractivity (Wildman–Crippen MR) is 114 cm³/mol. The first kappa shape index (κ1) is 19.5. The maximum Gasteiger partial charge on any atom is 0.190 e. The molecule has 0 radical (unpaired) electrons. The molecule has 0 amide bonds. The fourth-order valence-corrected chi connectivity index (χ4v) is 3.17. The molecule has 8 heteroatoms. The van der Waals surface area contributed by atoms with Crippen molar-refractivity contribution in [2.24, 2.45) is 0 Å². The number of aromatic nitrogens is 6. The van der Waals surface area contributed by atoms with Crippen molar-refractivity contribution in [1.82, 2.24) is 30.2 Å². The Labute approximate surface area is 178 Å². The lowest BCUT2D eigenvalue weighted by atomic mass is 9.95. The zero-order chi connectivity index (χ0) is 20.6. The van der Waals surface area contributed by atoms with Crippen molar-refractivity contribution in [1.29, 1.82) is 0 Å². The molecule has 4 aromatic rings. The van der Waals surface area contributed by atoms with Crippen LogP contribution in [0.5, 0.6) is 0 Å². The molecular weight excluding hydrogens is 407 g/mol. The van der Waals surface area contributed by atoms with Gasteiger partial charge in [0.25, 0.3) is 0 Å². The molecule has 4 rings (SSSR count). The molecule has 2 heterocycles. The molecule has 0 saturated heterocycles. The van der Waals surface area contributed by atoms with Gasteiger partial charge < -0.3 is 0 Å². The summed E-state index contributed by atoms with van der Waals surface area (Å²) in [5, 5.41) is 13.2. The maximum absolute atomic E-state index is 6.28. The summed E-state index contributed by atoms with van der Waals surface area (Å²) < 4.78 is 1.66. The second kappa shape index (κ2) is 7.54. The first-order valence-corrected chi connectivity index (χ1v) is 9.77. The number of benzene rings is 2. The number of rotatable bonds is 3. The van der Waals surface area contributed by atoms with Gasteiger partial charge in [0.2, 0.25) is 0 Å². The van der Waals surface area contributed by atoms with E-state index in [9.17, 15) is 0 Å². The van der Waals surface area contributed by atoms with Crippen LogP contribution in [0.3, 0.4) is 0 Å². The fraction of sp³-hybridized carbons (Fsp3) is 0.190. The van der Waals surface area contributed by atoms with Crippen LogP contribution in [-0.4, -0.2) is 30.2 Å². The minimum absolute atomic E-state index is 0.227. The molecule has 0 bridgehead atoms. The lowest BCUT2D eigenvalue weighted by Gasteiger charge is -2.19. The molecule has 2 aromatic heterocycles. The van der Waals surface area contributed by atoms with Crippen molar-refractivity contribution in [2.45, 2.75) is 26.2 Å². The minimum atomic E-state index is -0.227. The van der Waals surface area contributed by atoms with Gasteiger partial charge in [-0.05, 0) is 34.7 Å². The van der Waals surface area contributed by atoms with Gasteiger partial charge in [-0.2, -0.15) is 4.68 Å². The maximum atomic E-state index is 6.28. The predicted octanol–water partition coefficient (Wildman–Crippen LogP) is 5.39. The first-order chi connectivity index (χ1) is 13.8. The van der Waals surface area contributed by atoms with Gasteiger partial charge in [-0.15, -0.1) is 5.10 Å². The molecule has 2 aromatic carbocycles. The Balaban J connectivity index is 1.95. The van der Waals surface area contributed by atoms with E-state index < -0.39 is 0 Å². The quantitative estimate of drug-likeness (QED) is 0.440. The highest BCUT2D eigenvalue weighted by Crippen LogP contribution is 2.34. The molecule has 146 valence electrons. The highest BCUT2D eigenvalue weighted by Gasteiger charge is 2.23. The van der Waals surface area contributed by atoms with Crippen LogP contribution in [0.15, 0.2) is 54.7 Å². The molecular formula is C21H18Cl2N6. The Morgan fingerprint density at radius 3 is 2.38 bits per heavy atom. The van der Waals surface area contributed by atoms with Gasteiger partial charge in [-0.25, -0.2) is 9.97 Å². The summed E-state index contributed by atoms with van der Waals surface area (Å²) in [7, 11) is 0. The van der Waals surface area contributed by atoms with E-state index >= 15 is 0 Å². The summed E-state index contributed by atoms with van der Waals surface area (Å²) in [5.74, 6) is 1.25. The van der Waals surface area contributed by atoms with E-state index in [1.165, 1.54) is 0 Å². The van der Waals surface area contributed by atoms with Gasteiger partial charge in [0.05, 0.1) is 27.0 Å². The molecule has 0 spiro atoms. The van der Waals surface area contributed by atoms with Crippen molar-refractivity contribution in [3.8, 4) is 28.3 Å². The molecule has 0 aliphatic rings. The van der Waals surface area contributed by atoms with Crippen LogP contribution in [0.2, 0.25) is 10.0 Å². The average molecular weight is 425 g/mol. The van der Waals surface area contributed by atoms with Crippen molar-refractivity contribution >= 4 is 23.2 Å². The van der Waals surface area contributed by atoms with Crippen LogP contribution in [0.25, 0.3) is 28.3 Å². The third-order valence-corrected chi connectivity index (χ3v) is 5.10. The fourth-order valence-electron chi connectivity index (χ4n) is 2.87. The van der Waals surface area contributed by atoms with Gasteiger partial charge in [0.1, 0.15) is 5.82 Å². The van der Waals surface area contributed by atoms with Crippen molar-refractivity contribution in [2.75, 3.05) is 0 Å². The Kier molecular flexibility index (Phi) is 5.06. The lowest BCUT2D eigenvalue weighted by Crippen LogP contribution is -2.17. The van der Waals surface area contributed by atoms with E-state index in [0.717, 1.165) is 11.3 Å². The summed E-state index contributed by atoms with van der Waals surface area (Å²) in [6.07, 6.45) is 1.76.